The van der Waals surface area contributed by atoms with Gasteiger partial charge >= 0.3 is 0 Å². The maximum atomic E-state index is 13.3. The van der Waals surface area contributed by atoms with Gasteiger partial charge in [0, 0.05) is 10.9 Å². The molecule has 4 nitrogen and oxygen atoms in total. The number of nitrogens with zero attached hydrogens (tertiary/aromatic N) is 3. The molecular weight excluding hydrogens is 371 g/mol. The van der Waals surface area contributed by atoms with Gasteiger partial charge in [-0.05, 0) is 41.4 Å². The predicted molar refractivity (Wildman–Crippen MR) is 102 cm³/mol. The fraction of sp³-hybridized carbons (Fsp3) is 0. The van der Waals surface area contributed by atoms with Gasteiger partial charge in [-0.25, -0.2) is 9.37 Å². The molecule has 7 heteroatoms. The molecule has 1 N–H and O–H groups in total. The van der Waals surface area contributed by atoms with Crippen molar-refractivity contribution in [1.29, 1.82) is 5.26 Å². The van der Waals surface area contributed by atoms with Crippen molar-refractivity contribution in [2.45, 2.75) is 0 Å². The molecule has 0 aliphatic heterocycles. The van der Waals surface area contributed by atoms with Crippen molar-refractivity contribution >= 4 is 44.7 Å². The molecule has 4 aromatic rings. The summed E-state index contributed by atoms with van der Waals surface area (Å²) < 4.78 is 13.3. The second kappa shape index (κ2) is 6.71. The van der Waals surface area contributed by atoms with Gasteiger partial charge in [0.1, 0.15) is 22.5 Å². The average Bonchev–Trinajstić information content (AvgIpc) is 3.06. The minimum atomic E-state index is -0.297. The molecule has 0 saturated heterocycles. The highest BCUT2D eigenvalue weighted by Crippen LogP contribution is 2.38. The van der Waals surface area contributed by atoms with E-state index in [0.29, 0.717) is 21.9 Å². The minimum Gasteiger partial charge on any atom is -0.338 e. The van der Waals surface area contributed by atoms with E-state index in [4.69, 9.17) is 11.6 Å². The number of thiophene rings is 1. The first-order chi connectivity index (χ1) is 12.7. The van der Waals surface area contributed by atoms with E-state index in [1.807, 2.05) is 11.4 Å². The predicted octanol–water partition coefficient (Wildman–Crippen LogP) is 5.77. The van der Waals surface area contributed by atoms with Gasteiger partial charge < -0.3 is 5.32 Å². The van der Waals surface area contributed by atoms with Gasteiger partial charge in [0.25, 0.3) is 0 Å². The number of hydrogen-bond acceptors (Lipinski definition) is 5. The van der Waals surface area contributed by atoms with E-state index in [2.05, 4.69) is 21.4 Å². The van der Waals surface area contributed by atoms with Crippen LogP contribution in [0.15, 0.2) is 53.9 Å². The van der Waals surface area contributed by atoms with Crippen LogP contribution in [0.25, 0.3) is 21.3 Å². The number of hydrogen-bond donors (Lipinski definition) is 1. The van der Waals surface area contributed by atoms with E-state index in [9.17, 15) is 9.65 Å². The summed E-state index contributed by atoms with van der Waals surface area (Å²) in [5, 5.41) is 15.3. The summed E-state index contributed by atoms with van der Waals surface area (Å²) in [6.07, 6.45) is 0. The maximum absolute atomic E-state index is 13.3. The first-order valence-electron chi connectivity index (χ1n) is 7.62. The monoisotopic (exact) mass is 380 g/mol. The van der Waals surface area contributed by atoms with E-state index >= 15 is 0 Å². The molecule has 0 fully saturated rings. The number of fused-ring (bicyclic) bond motifs is 1. The highest BCUT2D eigenvalue weighted by atomic mass is 35.5. The molecule has 0 radical (unpaired) electrons. The Morgan fingerprint density at radius 3 is 2.62 bits per heavy atom. The number of rotatable bonds is 3. The Hall–Kier alpha value is -3.01. The lowest BCUT2D eigenvalue weighted by atomic mass is 10.1. The molecule has 0 saturated carbocycles. The zero-order valence-corrected chi connectivity index (χ0v) is 14.8. The molecule has 126 valence electrons. The van der Waals surface area contributed by atoms with Crippen molar-refractivity contribution in [3.05, 3.63) is 70.6 Å². The molecular formula is C19H10ClFN4S. The smallest absolute Gasteiger partial charge is 0.225 e. The fourth-order valence-electron chi connectivity index (χ4n) is 2.67. The van der Waals surface area contributed by atoms with Crippen molar-refractivity contribution in [3.8, 4) is 17.2 Å². The van der Waals surface area contributed by atoms with Crippen molar-refractivity contribution in [2.75, 3.05) is 5.32 Å². The van der Waals surface area contributed by atoms with E-state index in [0.717, 1.165) is 16.5 Å². The Labute approximate surface area is 157 Å². The van der Waals surface area contributed by atoms with Gasteiger partial charge in [-0.3, -0.25) is 0 Å². The van der Waals surface area contributed by atoms with Crippen LogP contribution in [0.4, 0.5) is 15.9 Å². The summed E-state index contributed by atoms with van der Waals surface area (Å²) >= 11 is 7.50. The molecule has 0 spiro atoms. The van der Waals surface area contributed by atoms with Gasteiger partial charge in [0.15, 0.2) is 0 Å². The van der Waals surface area contributed by atoms with Crippen LogP contribution in [-0.4, -0.2) is 9.97 Å². The zero-order chi connectivity index (χ0) is 18.1. The second-order valence-electron chi connectivity index (χ2n) is 5.46. The molecule has 0 unspecified atom stereocenters. The van der Waals surface area contributed by atoms with Crippen LogP contribution in [-0.2, 0) is 0 Å². The van der Waals surface area contributed by atoms with Gasteiger partial charge in [0.2, 0.25) is 5.28 Å². The Bertz CT molecular complexity index is 1150. The van der Waals surface area contributed by atoms with Crippen LogP contribution in [0.5, 0.6) is 0 Å². The van der Waals surface area contributed by atoms with Crippen molar-refractivity contribution in [2.24, 2.45) is 0 Å². The maximum Gasteiger partial charge on any atom is 0.225 e. The topological polar surface area (TPSA) is 61.6 Å². The third-order valence-electron chi connectivity index (χ3n) is 3.86. The molecule has 2 aromatic carbocycles. The van der Waals surface area contributed by atoms with Crippen molar-refractivity contribution in [1.82, 2.24) is 9.97 Å². The van der Waals surface area contributed by atoms with Crippen LogP contribution in [0.2, 0.25) is 5.28 Å². The first kappa shape index (κ1) is 16.5. The number of nitrogens with one attached hydrogen (secondary N) is 1. The largest absolute Gasteiger partial charge is 0.338 e. The van der Waals surface area contributed by atoms with Gasteiger partial charge in [-0.15, -0.1) is 11.3 Å². The summed E-state index contributed by atoms with van der Waals surface area (Å²) in [6.45, 7) is 0. The Morgan fingerprint density at radius 2 is 1.85 bits per heavy atom. The lowest BCUT2D eigenvalue weighted by molar-refractivity contribution is 0.628. The Kier molecular flexibility index (Phi) is 4.25. The van der Waals surface area contributed by atoms with Crippen LogP contribution in [0, 0.1) is 17.1 Å². The number of aromatic nitrogens is 2. The molecule has 2 heterocycles. The van der Waals surface area contributed by atoms with E-state index in [1.54, 1.807) is 30.3 Å². The molecule has 2 aromatic heterocycles. The minimum absolute atomic E-state index is 0.113. The van der Waals surface area contributed by atoms with Crippen molar-refractivity contribution in [3.63, 3.8) is 0 Å². The van der Waals surface area contributed by atoms with Crippen LogP contribution in [0.3, 0.4) is 0 Å². The van der Waals surface area contributed by atoms with E-state index in [-0.39, 0.29) is 11.1 Å². The number of anilines is 2. The van der Waals surface area contributed by atoms with Gasteiger partial charge in [-0.2, -0.15) is 10.2 Å². The summed E-state index contributed by atoms with van der Waals surface area (Å²) in [5.74, 6) is 0.206. The van der Waals surface area contributed by atoms with Gasteiger partial charge in [-0.1, -0.05) is 24.3 Å². The summed E-state index contributed by atoms with van der Waals surface area (Å²) in [5.41, 5.74) is 2.84. The Morgan fingerprint density at radius 1 is 1.08 bits per heavy atom. The Balaban J connectivity index is 1.90. The number of halogens is 2. The third kappa shape index (κ3) is 2.99. The SMILES string of the molecule is N#Cc1ccccc1Nc1nc(Cl)nc2scc(-c3ccc(F)cc3)c12. The summed E-state index contributed by atoms with van der Waals surface area (Å²) in [4.78, 5) is 9.30. The lowest BCUT2D eigenvalue weighted by Crippen LogP contribution is -1.98. The summed E-state index contributed by atoms with van der Waals surface area (Å²) in [7, 11) is 0. The molecule has 0 aliphatic carbocycles. The molecule has 26 heavy (non-hydrogen) atoms. The average molecular weight is 381 g/mol. The molecule has 0 amide bonds. The van der Waals surface area contributed by atoms with Crippen LogP contribution in [0.1, 0.15) is 5.56 Å². The fourth-order valence-corrected chi connectivity index (χ4v) is 3.83. The summed E-state index contributed by atoms with van der Waals surface area (Å²) in [6, 6.07) is 15.5. The third-order valence-corrected chi connectivity index (χ3v) is 4.90. The molecule has 0 bridgehead atoms. The second-order valence-corrected chi connectivity index (χ2v) is 6.66. The van der Waals surface area contributed by atoms with Gasteiger partial charge in [0.05, 0.1) is 16.6 Å². The van der Waals surface area contributed by atoms with E-state index < -0.39 is 0 Å². The highest BCUT2D eigenvalue weighted by Gasteiger charge is 2.16. The lowest BCUT2D eigenvalue weighted by Gasteiger charge is -2.10. The number of para-hydroxylation sites is 1. The zero-order valence-electron chi connectivity index (χ0n) is 13.2. The number of benzene rings is 2. The first-order valence-corrected chi connectivity index (χ1v) is 8.88. The molecule has 0 aliphatic rings. The highest BCUT2D eigenvalue weighted by molar-refractivity contribution is 7.17. The molecule has 4 rings (SSSR count). The number of nitriles is 1. The van der Waals surface area contributed by atoms with Crippen LogP contribution < -0.4 is 5.32 Å². The normalized spacial score (nSPS) is 10.7. The quantitative estimate of drug-likeness (QED) is 0.458. The molecule has 0 atom stereocenters. The van der Waals surface area contributed by atoms with E-state index in [1.165, 1.54) is 23.5 Å². The standard InChI is InChI=1S/C19H10ClFN4S/c20-19-24-17(23-15-4-2-1-3-12(15)9-22)16-14(10-26-18(16)25-19)11-5-7-13(21)8-6-11/h1-8,10H,(H,23,24,25). The van der Waals surface area contributed by atoms with Crippen molar-refractivity contribution < 1.29 is 4.39 Å². The van der Waals surface area contributed by atoms with Crippen LogP contribution >= 0.6 is 22.9 Å².